The van der Waals surface area contributed by atoms with Crippen molar-refractivity contribution in [1.82, 2.24) is 15.1 Å². The normalized spacial score (nSPS) is 22.5. The highest BCUT2D eigenvalue weighted by atomic mass is 16.2. The number of anilines is 1. The van der Waals surface area contributed by atoms with Crippen molar-refractivity contribution in [2.45, 2.75) is 46.0 Å². The molecule has 2 aliphatic heterocycles. The van der Waals surface area contributed by atoms with Gasteiger partial charge < -0.3 is 9.80 Å². The molecule has 2 aliphatic rings. The maximum Gasteiger partial charge on any atom is 0.274 e. The minimum Gasteiger partial charge on any atom is -0.355 e. The van der Waals surface area contributed by atoms with E-state index in [2.05, 4.69) is 28.9 Å². The van der Waals surface area contributed by atoms with Gasteiger partial charge in [0.15, 0.2) is 11.5 Å². The Labute approximate surface area is 139 Å². The molecule has 0 spiro atoms. The maximum atomic E-state index is 12.7. The van der Waals surface area contributed by atoms with Crippen molar-refractivity contribution in [3.8, 4) is 0 Å². The summed E-state index contributed by atoms with van der Waals surface area (Å²) < 4.78 is 0. The van der Waals surface area contributed by atoms with Gasteiger partial charge in [0, 0.05) is 26.2 Å². The quantitative estimate of drug-likeness (QED) is 0.860. The van der Waals surface area contributed by atoms with Gasteiger partial charge in [0.05, 0.1) is 0 Å². The number of likely N-dealkylation sites (tertiary alicyclic amines) is 1. The molecule has 5 nitrogen and oxygen atoms in total. The molecule has 0 saturated carbocycles. The lowest BCUT2D eigenvalue weighted by Crippen LogP contribution is -2.33. The van der Waals surface area contributed by atoms with E-state index in [9.17, 15) is 4.79 Å². The van der Waals surface area contributed by atoms with Crippen LogP contribution >= 0.6 is 0 Å². The van der Waals surface area contributed by atoms with Crippen LogP contribution in [-0.4, -0.2) is 47.2 Å². The molecule has 5 heteroatoms. The lowest BCUT2D eigenvalue weighted by molar-refractivity contribution is 0.0751. The highest BCUT2D eigenvalue weighted by Gasteiger charge is 2.24. The maximum absolute atomic E-state index is 12.7. The van der Waals surface area contributed by atoms with E-state index in [1.807, 2.05) is 17.0 Å². The van der Waals surface area contributed by atoms with E-state index in [0.29, 0.717) is 11.6 Å². The van der Waals surface area contributed by atoms with E-state index in [1.165, 1.54) is 19.3 Å². The van der Waals surface area contributed by atoms with Crippen LogP contribution in [0.1, 0.15) is 56.4 Å². The van der Waals surface area contributed by atoms with Crippen LogP contribution in [0.2, 0.25) is 0 Å². The summed E-state index contributed by atoms with van der Waals surface area (Å²) in [6.45, 7) is 8.35. The fourth-order valence-corrected chi connectivity index (χ4v) is 3.71. The fraction of sp³-hybridized carbons (Fsp3) is 0.722. The van der Waals surface area contributed by atoms with Crippen LogP contribution in [0.3, 0.4) is 0 Å². The molecule has 126 valence electrons. The summed E-state index contributed by atoms with van der Waals surface area (Å²) in [5.74, 6) is 2.37. The third-order valence-corrected chi connectivity index (χ3v) is 5.30. The number of rotatable bonds is 3. The number of nitrogens with zero attached hydrogens (tertiary/aromatic N) is 4. The summed E-state index contributed by atoms with van der Waals surface area (Å²) in [5, 5.41) is 8.47. The zero-order valence-corrected chi connectivity index (χ0v) is 14.4. The third-order valence-electron chi connectivity index (χ3n) is 5.30. The average Bonchev–Trinajstić information content (AvgIpc) is 2.98. The van der Waals surface area contributed by atoms with Crippen molar-refractivity contribution in [3.05, 3.63) is 17.8 Å². The van der Waals surface area contributed by atoms with Crippen LogP contribution in [0.25, 0.3) is 0 Å². The molecule has 1 amide bonds. The number of carbonyl (C=O) groups is 1. The molecule has 3 heterocycles. The Morgan fingerprint density at radius 2 is 1.83 bits per heavy atom. The summed E-state index contributed by atoms with van der Waals surface area (Å²) in [5.41, 5.74) is 0.482. The lowest BCUT2D eigenvalue weighted by atomic mass is 9.89. The molecule has 0 bridgehead atoms. The Bertz CT molecular complexity index is 522. The standard InChI is InChI=1S/C18H28N4O/c1-14(2)15-6-5-12-22(13-9-15)18(23)16-7-8-17(20-19-16)21-10-3-4-11-21/h7-8,14-15H,3-6,9-13H2,1-2H3/t15-/m0/s1. The van der Waals surface area contributed by atoms with E-state index >= 15 is 0 Å². The first-order valence-corrected chi connectivity index (χ1v) is 9.03. The molecule has 0 aliphatic carbocycles. The zero-order chi connectivity index (χ0) is 16.2. The summed E-state index contributed by atoms with van der Waals surface area (Å²) in [4.78, 5) is 16.9. The van der Waals surface area contributed by atoms with E-state index in [-0.39, 0.29) is 5.91 Å². The molecule has 1 atom stereocenters. The number of carbonyl (C=O) groups excluding carboxylic acids is 1. The van der Waals surface area contributed by atoms with Crippen LogP contribution < -0.4 is 4.90 Å². The fourth-order valence-electron chi connectivity index (χ4n) is 3.71. The molecular weight excluding hydrogens is 288 g/mol. The van der Waals surface area contributed by atoms with Crippen LogP contribution in [0.4, 0.5) is 5.82 Å². The predicted molar refractivity (Wildman–Crippen MR) is 91.6 cm³/mol. The van der Waals surface area contributed by atoms with Crippen molar-refractivity contribution in [2.75, 3.05) is 31.1 Å². The van der Waals surface area contributed by atoms with E-state index < -0.39 is 0 Å². The summed E-state index contributed by atoms with van der Waals surface area (Å²) in [6.07, 6.45) is 5.85. The van der Waals surface area contributed by atoms with Crippen molar-refractivity contribution < 1.29 is 4.79 Å². The van der Waals surface area contributed by atoms with Gasteiger partial charge in [0.25, 0.3) is 5.91 Å². The molecule has 0 unspecified atom stereocenters. The Morgan fingerprint density at radius 3 is 2.48 bits per heavy atom. The minimum atomic E-state index is 0.0369. The van der Waals surface area contributed by atoms with Crippen LogP contribution in [0.15, 0.2) is 12.1 Å². The largest absolute Gasteiger partial charge is 0.355 e. The minimum absolute atomic E-state index is 0.0369. The van der Waals surface area contributed by atoms with E-state index in [4.69, 9.17) is 0 Å². The molecular formula is C18H28N4O. The van der Waals surface area contributed by atoms with Crippen LogP contribution in [0.5, 0.6) is 0 Å². The van der Waals surface area contributed by atoms with Gasteiger partial charge in [-0.1, -0.05) is 13.8 Å². The predicted octanol–water partition coefficient (Wildman–Crippen LogP) is 2.98. The van der Waals surface area contributed by atoms with Crippen LogP contribution in [-0.2, 0) is 0 Å². The van der Waals surface area contributed by atoms with Gasteiger partial charge in [-0.2, -0.15) is 0 Å². The number of hydrogen-bond acceptors (Lipinski definition) is 4. The van der Waals surface area contributed by atoms with Crippen molar-refractivity contribution in [1.29, 1.82) is 0 Å². The Hall–Kier alpha value is -1.65. The SMILES string of the molecule is CC(C)[C@H]1CCCN(C(=O)c2ccc(N3CCCC3)nn2)CC1. The first-order chi connectivity index (χ1) is 11.1. The molecule has 0 radical (unpaired) electrons. The highest BCUT2D eigenvalue weighted by molar-refractivity contribution is 5.92. The molecule has 0 aromatic carbocycles. The van der Waals surface area contributed by atoms with Gasteiger partial charge in [-0.3, -0.25) is 4.79 Å². The number of hydrogen-bond donors (Lipinski definition) is 0. The summed E-state index contributed by atoms with van der Waals surface area (Å²) >= 11 is 0. The summed E-state index contributed by atoms with van der Waals surface area (Å²) in [6, 6.07) is 3.79. The second kappa shape index (κ2) is 7.28. The summed E-state index contributed by atoms with van der Waals surface area (Å²) in [7, 11) is 0. The smallest absolute Gasteiger partial charge is 0.274 e. The molecule has 2 saturated heterocycles. The van der Waals surface area contributed by atoms with Gasteiger partial charge in [-0.25, -0.2) is 0 Å². The molecule has 2 fully saturated rings. The molecule has 1 aromatic heterocycles. The van der Waals surface area contributed by atoms with Gasteiger partial charge in [0.2, 0.25) is 0 Å². The topological polar surface area (TPSA) is 49.3 Å². The molecule has 1 aromatic rings. The van der Waals surface area contributed by atoms with Gasteiger partial charge in [-0.05, 0) is 56.1 Å². The monoisotopic (exact) mass is 316 g/mol. The first-order valence-electron chi connectivity index (χ1n) is 9.03. The first kappa shape index (κ1) is 16.2. The van der Waals surface area contributed by atoms with Crippen molar-refractivity contribution in [2.24, 2.45) is 11.8 Å². The Balaban J connectivity index is 1.63. The Morgan fingerprint density at radius 1 is 1.04 bits per heavy atom. The average molecular weight is 316 g/mol. The van der Waals surface area contributed by atoms with Crippen LogP contribution in [0, 0.1) is 11.8 Å². The molecule has 0 N–H and O–H groups in total. The van der Waals surface area contributed by atoms with Gasteiger partial charge in [-0.15, -0.1) is 10.2 Å². The van der Waals surface area contributed by atoms with Gasteiger partial charge in [0.1, 0.15) is 0 Å². The number of amides is 1. The number of aromatic nitrogens is 2. The molecule has 3 rings (SSSR count). The second-order valence-electron chi connectivity index (χ2n) is 7.20. The van der Waals surface area contributed by atoms with E-state index in [0.717, 1.165) is 50.8 Å². The van der Waals surface area contributed by atoms with Gasteiger partial charge >= 0.3 is 0 Å². The Kier molecular flexibility index (Phi) is 5.13. The second-order valence-corrected chi connectivity index (χ2v) is 7.20. The third kappa shape index (κ3) is 3.82. The molecule has 23 heavy (non-hydrogen) atoms. The highest BCUT2D eigenvalue weighted by Crippen LogP contribution is 2.25. The van der Waals surface area contributed by atoms with Crippen molar-refractivity contribution >= 4 is 11.7 Å². The lowest BCUT2D eigenvalue weighted by Gasteiger charge is -2.21. The van der Waals surface area contributed by atoms with E-state index in [1.54, 1.807) is 0 Å². The zero-order valence-electron chi connectivity index (χ0n) is 14.4. The van der Waals surface area contributed by atoms with Crippen molar-refractivity contribution in [3.63, 3.8) is 0 Å².